The molecule has 2 rings (SSSR count). The summed E-state index contributed by atoms with van der Waals surface area (Å²) in [5, 5.41) is 3.53. The maximum atomic E-state index is 4.48. The van der Waals surface area contributed by atoms with Crippen LogP contribution in [0.3, 0.4) is 0 Å². The van der Waals surface area contributed by atoms with Crippen molar-refractivity contribution in [3.05, 3.63) is 0 Å². The molecule has 0 amide bonds. The molecule has 0 spiro atoms. The number of nitrogens with one attached hydrogen (secondary N) is 1. The first-order valence-electron chi connectivity index (χ1n) is 6.68. The highest BCUT2D eigenvalue weighted by Crippen LogP contribution is 2.33. The largest absolute Gasteiger partial charge is 0.356 e. The highest BCUT2D eigenvalue weighted by Gasteiger charge is 2.27. The van der Waals surface area contributed by atoms with Crippen molar-refractivity contribution in [2.45, 2.75) is 33.1 Å². The van der Waals surface area contributed by atoms with Crippen molar-refractivity contribution in [1.82, 2.24) is 10.2 Å². The van der Waals surface area contributed by atoms with Gasteiger partial charge < -0.3 is 10.2 Å². The summed E-state index contributed by atoms with van der Waals surface area (Å²) in [6, 6.07) is 0. The lowest BCUT2D eigenvalue weighted by Crippen LogP contribution is -2.41. The average Bonchev–Trinajstić information content (AvgIpc) is 2.67. The standard InChI is InChI=1S/C13H25N3.HI/c1-10-5-4-6-12(11(10)2)9-15-13-14-7-8-16(13)3;/h10-12H,4-9H2,1-3H3,(H,14,15);1H. The van der Waals surface area contributed by atoms with Crippen molar-refractivity contribution < 1.29 is 0 Å². The molecule has 4 heteroatoms. The number of aliphatic imine (C=N–C) groups is 1. The van der Waals surface area contributed by atoms with E-state index >= 15 is 0 Å². The van der Waals surface area contributed by atoms with Gasteiger partial charge in [-0.05, 0) is 24.2 Å². The monoisotopic (exact) mass is 351 g/mol. The predicted molar refractivity (Wildman–Crippen MR) is 84.0 cm³/mol. The molecule has 2 aliphatic rings. The molecule has 0 aromatic heterocycles. The van der Waals surface area contributed by atoms with Gasteiger partial charge in [0.05, 0.1) is 6.54 Å². The fourth-order valence-corrected chi connectivity index (χ4v) is 2.93. The topological polar surface area (TPSA) is 27.6 Å². The summed E-state index contributed by atoms with van der Waals surface area (Å²) in [5.74, 6) is 3.68. The van der Waals surface area contributed by atoms with Gasteiger partial charge in [0.25, 0.3) is 0 Å². The quantitative estimate of drug-likeness (QED) is 0.775. The Balaban J connectivity index is 0.00000144. The van der Waals surface area contributed by atoms with Gasteiger partial charge in [-0.3, -0.25) is 4.99 Å². The average molecular weight is 351 g/mol. The van der Waals surface area contributed by atoms with Crippen LogP contribution < -0.4 is 5.32 Å². The second-order valence-electron chi connectivity index (χ2n) is 5.54. The highest BCUT2D eigenvalue weighted by atomic mass is 127. The number of nitrogens with zero attached hydrogens (tertiary/aromatic N) is 2. The maximum Gasteiger partial charge on any atom is 0.193 e. The van der Waals surface area contributed by atoms with Gasteiger partial charge in [-0.25, -0.2) is 0 Å². The van der Waals surface area contributed by atoms with Crippen LogP contribution in [-0.4, -0.2) is 37.5 Å². The first-order chi connectivity index (χ1) is 7.68. The van der Waals surface area contributed by atoms with E-state index in [1.165, 1.54) is 19.3 Å². The van der Waals surface area contributed by atoms with Gasteiger partial charge in [-0.1, -0.05) is 26.7 Å². The summed E-state index contributed by atoms with van der Waals surface area (Å²) in [5.41, 5.74) is 0. The summed E-state index contributed by atoms with van der Waals surface area (Å²) < 4.78 is 0. The summed E-state index contributed by atoms with van der Waals surface area (Å²) in [6.45, 7) is 7.94. The molecule has 17 heavy (non-hydrogen) atoms. The molecule has 1 saturated carbocycles. The summed E-state index contributed by atoms with van der Waals surface area (Å²) in [6.07, 6.45) is 4.20. The first-order valence-corrected chi connectivity index (χ1v) is 6.68. The molecule has 0 aromatic rings. The van der Waals surface area contributed by atoms with Crippen LogP contribution in [-0.2, 0) is 0 Å². The van der Waals surface area contributed by atoms with Gasteiger partial charge in [-0.15, -0.1) is 24.0 Å². The van der Waals surface area contributed by atoms with E-state index < -0.39 is 0 Å². The number of rotatable bonds is 2. The molecule has 3 nitrogen and oxygen atoms in total. The Labute approximate surface area is 122 Å². The molecule has 1 fully saturated rings. The van der Waals surface area contributed by atoms with Crippen LogP contribution in [0.25, 0.3) is 0 Å². The van der Waals surface area contributed by atoms with Crippen LogP contribution in [0.15, 0.2) is 4.99 Å². The third-order valence-electron chi connectivity index (χ3n) is 4.46. The van der Waals surface area contributed by atoms with E-state index in [2.05, 4.69) is 36.1 Å². The fourth-order valence-electron chi connectivity index (χ4n) is 2.93. The highest BCUT2D eigenvalue weighted by molar-refractivity contribution is 14.0. The minimum absolute atomic E-state index is 0. The lowest BCUT2D eigenvalue weighted by molar-refractivity contribution is 0.183. The minimum atomic E-state index is 0. The van der Waals surface area contributed by atoms with Crippen LogP contribution in [0.2, 0.25) is 0 Å². The second-order valence-corrected chi connectivity index (χ2v) is 5.54. The number of guanidine groups is 1. The molecule has 1 aliphatic heterocycles. The Kier molecular flexibility index (Phi) is 6.03. The molecule has 0 aromatic carbocycles. The van der Waals surface area contributed by atoms with E-state index in [9.17, 15) is 0 Å². The Bertz CT molecular complexity index is 267. The number of likely N-dealkylation sites (N-methyl/N-ethyl adjacent to an activating group) is 1. The molecule has 1 aliphatic carbocycles. The zero-order valence-corrected chi connectivity index (χ0v) is 13.6. The molecule has 1 heterocycles. The van der Waals surface area contributed by atoms with Gasteiger partial charge in [-0.2, -0.15) is 0 Å². The van der Waals surface area contributed by atoms with E-state index in [0.717, 1.165) is 43.3 Å². The molecular formula is C13H26IN3. The van der Waals surface area contributed by atoms with Crippen LogP contribution in [0.1, 0.15) is 33.1 Å². The molecule has 100 valence electrons. The molecule has 0 saturated heterocycles. The van der Waals surface area contributed by atoms with Gasteiger partial charge in [0.2, 0.25) is 0 Å². The summed E-state index contributed by atoms with van der Waals surface area (Å²) in [7, 11) is 2.12. The third-order valence-corrected chi connectivity index (χ3v) is 4.46. The molecule has 3 unspecified atom stereocenters. The van der Waals surface area contributed by atoms with Crippen LogP contribution in [0.5, 0.6) is 0 Å². The van der Waals surface area contributed by atoms with E-state index in [0.29, 0.717) is 0 Å². The SMILES string of the molecule is CC1CCCC(CNC2=NCCN2C)C1C.I. The van der Waals surface area contributed by atoms with Crippen molar-refractivity contribution in [1.29, 1.82) is 0 Å². The number of hydrogen-bond acceptors (Lipinski definition) is 3. The smallest absolute Gasteiger partial charge is 0.193 e. The van der Waals surface area contributed by atoms with E-state index in [-0.39, 0.29) is 24.0 Å². The first kappa shape index (κ1) is 15.1. The lowest BCUT2D eigenvalue weighted by atomic mass is 9.74. The molecule has 1 N–H and O–H groups in total. The Hall–Kier alpha value is 0. The zero-order chi connectivity index (χ0) is 11.5. The summed E-state index contributed by atoms with van der Waals surface area (Å²) >= 11 is 0. The van der Waals surface area contributed by atoms with Gasteiger partial charge in [0.1, 0.15) is 0 Å². The van der Waals surface area contributed by atoms with Crippen molar-refractivity contribution in [3.63, 3.8) is 0 Å². The molecule has 0 radical (unpaired) electrons. The minimum Gasteiger partial charge on any atom is -0.356 e. The lowest BCUT2D eigenvalue weighted by Gasteiger charge is -2.34. The summed E-state index contributed by atoms with van der Waals surface area (Å²) in [4.78, 5) is 6.70. The Morgan fingerprint density at radius 1 is 1.35 bits per heavy atom. The van der Waals surface area contributed by atoms with Crippen LogP contribution in [0.4, 0.5) is 0 Å². The molecular weight excluding hydrogens is 325 g/mol. The van der Waals surface area contributed by atoms with Gasteiger partial charge >= 0.3 is 0 Å². The molecule has 3 atom stereocenters. The van der Waals surface area contributed by atoms with E-state index in [1.54, 1.807) is 0 Å². The van der Waals surface area contributed by atoms with Crippen molar-refractivity contribution >= 4 is 29.9 Å². The van der Waals surface area contributed by atoms with E-state index in [1.807, 2.05) is 0 Å². The van der Waals surface area contributed by atoms with Crippen LogP contribution in [0, 0.1) is 17.8 Å². The second kappa shape index (κ2) is 6.81. The predicted octanol–water partition coefficient (Wildman–Crippen LogP) is 2.57. The van der Waals surface area contributed by atoms with Crippen molar-refractivity contribution in [3.8, 4) is 0 Å². The maximum absolute atomic E-state index is 4.48. The van der Waals surface area contributed by atoms with E-state index in [4.69, 9.17) is 0 Å². The Morgan fingerprint density at radius 3 is 2.76 bits per heavy atom. The normalized spacial score (nSPS) is 33.0. The fraction of sp³-hybridized carbons (Fsp3) is 0.923. The van der Waals surface area contributed by atoms with Crippen LogP contribution >= 0.6 is 24.0 Å². The van der Waals surface area contributed by atoms with Gasteiger partial charge in [0, 0.05) is 20.1 Å². The third kappa shape index (κ3) is 3.73. The zero-order valence-electron chi connectivity index (χ0n) is 11.3. The van der Waals surface area contributed by atoms with Crippen molar-refractivity contribution in [2.24, 2.45) is 22.7 Å². The Morgan fingerprint density at radius 2 is 2.12 bits per heavy atom. The number of halogens is 1. The van der Waals surface area contributed by atoms with Gasteiger partial charge in [0.15, 0.2) is 5.96 Å². The number of hydrogen-bond donors (Lipinski definition) is 1. The molecule has 0 bridgehead atoms. The van der Waals surface area contributed by atoms with Crippen molar-refractivity contribution in [2.75, 3.05) is 26.7 Å².